The van der Waals surface area contributed by atoms with E-state index in [9.17, 15) is 0 Å². The Kier molecular flexibility index (Phi) is 8.33. The minimum atomic E-state index is -0.283. The van der Waals surface area contributed by atoms with Crippen molar-refractivity contribution in [2.75, 3.05) is 13.2 Å². The first-order valence-corrected chi connectivity index (χ1v) is 4.37. The van der Waals surface area contributed by atoms with Gasteiger partial charge in [0.15, 0.2) is 6.29 Å². The van der Waals surface area contributed by atoms with Crippen molar-refractivity contribution in [2.45, 2.75) is 20.1 Å². The summed E-state index contributed by atoms with van der Waals surface area (Å²) in [5.41, 5.74) is 0. The van der Waals surface area contributed by atoms with E-state index in [0.717, 1.165) is 0 Å². The van der Waals surface area contributed by atoms with Crippen molar-refractivity contribution in [1.29, 1.82) is 0 Å². The van der Waals surface area contributed by atoms with Crippen molar-refractivity contribution in [3.63, 3.8) is 0 Å². The van der Waals surface area contributed by atoms with Gasteiger partial charge < -0.3 is 9.47 Å². The maximum Gasteiger partial charge on any atom is 0.177 e. The molecule has 0 saturated carbocycles. The molecular weight excluding hydrogens is 164 g/mol. The molecule has 13 heavy (non-hydrogen) atoms. The van der Waals surface area contributed by atoms with Gasteiger partial charge in [-0.05, 0) is 32.1 Å². The highest BCUT2D eigenvalue weighted by Gasteiger charge is 1.99. The van der Waals surface area contributed by atoms with E-state index >= 15 is 0 Å². The van der Waals surface area contributed by atoms with Crippen molar-refractivity contribution >= 4 is 0 Å². The molecule has 0 radical (unpaired) electrons. The standard InChI is InChI=1S/C11H16O2/c1-4-7-8-9-10-11(12-5-2)13-6-3/h4,9-11H,1,5-6H2,2-3H3/b10-9+. The Morgan fingerprint density at radius 3 is 2.31 bits per heavy atom. The molecule has 2 heteroatoms. The van der Waals surface area contributed by atoms with Crippen LogP contribution >= 0.6 is 0 Å². The summed E-state index contributed by atoms with van der Waals surface area (Å²) in [4.78, 5) is 0. The monoisotopic (exact) mass is 180 g/mol. The Morgan fingerprint density at radius 2 is 1.85 bits per heavy atom. The summed E-state index contributed by atoms with van der Waals surface area (Å²) in [6.07, 6.45) is 4.75. The van der Waals surface area contributed by atoms with E-state index in [1.54, 1.807) is 18.2 Å². The predicted octanol–water partition coefficient (Wildman–Crippen LogP) is 2.13. The third-order valence-electron chi connectivity index (χ3n) is 1.18. The topological polar surface area (TPSA) is 18.5 Å². The zero-order valence-corrected chi connectivity index (χ0v) is 8.25. The summed E-state index contributed by atoms with van der Waals surface area (Å²) >= 11 is 0. The fourth-order valence-electron chi connectivity index (χ4n) is 0.721. The van der Waals surface area contributed by atoms with Gasteiger partial charge in [-0.1, -0.05) is 18.4 Å². The Bertz CT molecular complexity index is 202. The van der Waals surface area contributed by atoms with E-state index in [-0.39, 0.29) is 6.29 Å². The van der Waals surface area contributed by atoms with Gasteiger partial charge in [-0.2, -0.15) is 0 Å². The Labute approximate surface area is 80.2 Å². The first-order valence-electron chi connectivity index (χ1n) is 4.37. The van der Waals surface area contributed by atoms with Crippen LogP contribution in [0, 0.1) is 11.8 Å². The lowest BCUT2D eigenvalue weighted by Crippen LogP contribution is -2.13. The van der Waals surface area contributed by atoms with E-state index in [1.165, 1.54) is 0 Å². The maximum absolute atomic E-state index is 5.26. The van der Waals surface area contributed by atoms with Gasteiger partial charge in [0.05, 0.1) is 0 Å². The summed E-state index contributed by atoms with van der Waals surface area (Å²) in [5, 5.41) is 0. The van der Waals surface area contributed by atoms with Crippen molar-refractivity contribution in [1.82, 2.24) is 0 Å². The van der Waals surface area contributed by atoms with E-state index in [0.29, 0.717) is 13.2 Å². The minimum Gasteiger partial charge on any atom is -0.349 e. The lowest BCUT2D eigenvalue weighted by atomic mass is 10.4. The van der Waals surface area contributed by atoms with Crippen molar-refractivity contribution in [3.8, 4) is 11.8 Å². The average molecular weight is 180 g/mol. The van der Waals surface area contributed by atoms with Crippen LogP contribution in [-0.4, -0.2) is 19.5 Å². The normalized spacial score (nSPS) is 10.1. The molecule has 0 amide bonds. The summed E-state index contributed by atoms with van der Waals surface area (Å²) in [7, 11) is 0. The van der Waals surface area contributed by atoms with Crippen LogP contribution in [0.3, 0.4) is 0 Å². The molecule has 0 N–H and O–H groups in total. The first kappa shape index (κ1) is 12.0. The molecule has 0 heterocycles. The highest BCUT2D eigenvalue weighted by Crippen LogP contribution is 1.96. The molecule has 72 valence electrons. The van der Waals surface area contributed by atoms with E-state index < -0.39 is 0 Å². The smallest absolute Gasteiger partial charge is 0.177 e. The molecule has 0 aliphatic heterocycles. The van der Waals surface area contributed by atoms with E-state index in [1.807, 2.05) is 13.8 Å². The number of allylic oxidation sites excluding steroid dienone is 2. The van der Waals surface area contributed by atoms with Crippen LogP contribution in [0.4, 0.5) is 0 Å². The molecule has 0 rings (SSSR count). The van der Waals surface area contributed by atoms with Crippen LogP contribution < -0.4 is 0 Å². The van der Waals surface area contributed by atoms with Gasteiger partial charge in [-0.15, -0.1) is 0 Å². The molecular formula is C11H16O2. The molecule has 0 aromatic heterocycles. The predicted molar refractivity (Wildman–Crippen MR) is 54.2 cm³/mol. The van der Waals surface area contributed by atoms with Crippen LogP contribution in [-0.2, 0) is 9.47 Å². The molecule has 0 aliphatic carbocycles. The summed E-state index contributed by atoms with van der Waals surface area (Å²) in [6.45, 7) is 8.59. The Morgan fingerprint density at radius 1 is 1.23 bits per heavy atom. The second-order valence-corrected chi connectivity index (χ2v) is 2.13. The average Bonchev–Trinajstić information content (AvgIpc) is 2.13. The lowest BCUT2D eigenvalue weighted by Gasteiger charge is -2.11. The zero-order valence-electron chi connectivity index (χ0n) is 8.25. The molecule has 0 spiro atoms. The van der Waals surface area contributed by atoms with Crippen LogP contribution in [0.2, 0.25) is 0 Å². The third-order valence-corrected chi connectivity index (χ3v) is 1.18. The van der Waals surface area contributed by atoms with Crippen LogP contribution in [0.25, 0.3) is 0 Å². The van der Waals surface area contributed by atoms with Crippen molar-refractivity contribution < 1.29 is 9.47 Å². The molecule has 0 unspecified atom stereocenters. The summed E-state index contributed by atoms with van der Waals surface area (Å²) < 4.78 is 10.5. The van der Waals surface area contributed by atoms with Crippen molar-refractivity contribution in [2.24, 2.45) is 0 Å². The molecule has 2 nitrogen and oxygen atoms in total. The quantitative estimate of drug-likeness (QED) is 0.476. The van der Waals surface area contributed by atoms with E-state index in [4.69, 9.17) is 9.47 Å². The minimum absolute atomic E-state index is 0.283. The fraction of sp³-hybridized carbons (Fsp3) is 0.455. The molecule has 0 bridgehead atoms. The molecule has 0 fully saturated rings. The molecule has 0 atom stereocenters. The van der Waals surface area contributed by atoms with Gasteiger partial charge in [0.1, 0.15) is 0 Å². The van der Waals surface area contributed by atoms with E-state index in [2.05, 4.69) is 18.4 Å². The number of rotatable bonds is 5. The SMILES string of the molecule is C=CC#C/C=C/C(OCC)OCC. The number of ether oxygens (including phenoxy) is 2. The zero-order chi connectivity index (χ0) is 9.94. The molecule has 0 aromatic carbocycles. The molecule has 0 aliphatic rings. The van der Waals surface area contributed by atoms with Gasteiger partial charge >= 0.3 is 0 Å². The second kappa shape index (κ2) is 9.05. The second-order valence-electron chi connectivity index (χ2n) is 2.13. The van der Waals surface area contributed by atoms with Gasteiger partial charge in [-0.3, -0.25) is 0 Å². The maximum atomic E-state index is 5.26. The highest BCUT2D eigenvalue weighted by atomic mass is 16.7. The van der Waals surface area contributed by atoms with Crippen LogP contribution in [0.1, 0.15) is 13.8 Å². The van der Waals surface area contributed by atoms with Gasteiger partial charge in [-0.25, -0.2) is 0 Å². The lowest BCUT2D eigenvalue weighted by molar-refractivity contribution is -0.103. The Hall–Kier alpha value is -1.04. The fourth-order valence-corrected chi connectivity index (χ4v) is 0.721. The van der Waals surface area contributed by atoms with Gasteiger partial charge in [0.2, 0.25) is 0 Å². The number of hydrogen-bond donors (Lipinski definition) is 0. The number of hydrogen-bond acceptors (Lipinski definition) is 2. The van der Waals surface area contributed by atoms with Crippen LogP contribution in [0.15, 0.2) is 24.8 Å². The Balaban J connectivity index is 3.91. The summed E-state index contributed by atoms with van der Waals surface area (Å²) in [5.74, 6) is 5.48. The molecule has 0 saturated heterocycles. The largest absolute Gasteiger partial charge is 0.349 e. The highest BCUT2D eigenvalue weighted by molar-refractivity contribution is 5.22. The van der Waals surface area contributed by atoms with Gasteiger partial charge in [0, 0.05) is 13.2 Å². The van der Waals surface area contributed by atoms with Crippen molar-refractivity contribution in [3.05, 3.63) is 24.8 Å². The first-order chi connectivity index (χ1) is 6.35. The van der Waals surface area contributed by atoms with Crippen LogP contribution in [0.5, 0.6) is 0 Å². The van der Waals surface area contributed by atoms with Gasteiger partial charge in [0.25, 0.3) is 0 Å². The summed E-state index contributed by atoms with van der Waals surface area (Å²) in [6, 6.07) is 0. The molecule has 0 aromatic rings. The third kappa shape index (κ3) is 7.32.